The van der Waals surface area contributed by atoms with E-state index in [1.54, 1.807) is 6.07 Å². The van der Waals surface area contributed by atoms with Gasteiger partial charge in [0, 0.05) is 20.1 Å². The predicted octanol–water partition coefficient (Wildman–Crippen LogP) is 2.72. The molecule has 0 spiro atoms. The standard InChI is InChI=1S/C18H23FN4O/c1-13(10-14-6-4-7-15(19)11-14)21-18(24)20-12-16-8-5-9-17(22-16)23(2)3/h4-9,11,13H,10,12H2,1-3H3,(H2,20,21,24)/t13-/m1/s1. The van der Waals surface area contributed by atoms with E-state index in [4.69, 9.17) is 0 Å². The zero-order valence-corrected chi connectivity index (χ0v) is 14.2. The average Bonchev–Trinajstić information content (AvgIpc) is 2.53. The zero-order valence-electron chi connectivity index (χ0n) is 14.2. The maximum atomic E-state index is 13.2. The lowest BCUT2D eigenvalue weighted by Gasteiger charge is -2.15. The second-order valence-electron chi connectivity index (χ2n) is 5.94. The van der Waals surface area contributed by atoms with Crippen LogP contribution < -0.4 is 15.5 Å². The molecule has 0 radical (unpaired) electrons. The van der Waals surface area contributed by atoms with Gasteiger partial charge in [-0.25, -0.2) is 14.2 Å². The van der Waals surface area contributed by atoms with Gasteiger partial charge < -0.3 is 15.5 Å². The molecule has 0 bridgehead atoms. The Morgan fingerprint density at radius 2 is 2.00 bits per heavy atom. The van der Waals surface area contributed by atoms with Gasteiger partial charge in [-0.15, -0.1) is 0 Å². The Hall–Kier alpha value is -2.63. The van der Waals surface area contributed by atoms with Gasteiger partial charge in [-0.1, -0.05) is 18.2 Å². The molecule has 0 saturated heterocycles. The summed E-state index contributed by atoms with van der Waals surface area (Å²) in [5.74, 6) is 0.574. The van der Waals surface area contributed by atoms with Crippen LogP contribution in [0.1, 0.15) is 18.2 Å². The molecule has 2 N–H and O–H groups in total. The van der Waals surface area contributed by atoms with E-state index in [0.29, 0.717) is 13.0 Å². The molecule has 0 aliphatic carbocycles. The van der Waals surface area contributed by atoms with Crippen molar-refractivity contribution >= 4 is 11.8 Å². The SMILES string of the molecule is C[C@H](Cc1cccc(F)c1)NC(=O)NCc1cccc(N(C)C)n1. The van der Waals surface area contributed by atoms with Gasteiger partial charge in [0.05, 0.1) is 12.2 Å². The fraction of sp³-hybridized carbons (Fsp3) is 0.333. The molecule has 0 aliphatic heterocycles. The summed E-state index contributed by atoms with van der Waals surface area (Å²) in [6.07, 6.45) is 0.569. The van der Waals surface area contributed by atoms with Gasteiger partial charge in [0.25, 0.3) is 0 Å². The van der Waals surface area contributed by atoms with Crippen LogP contribution in [0, 0.1) is 5.82 Å². The van der Waals surface area contributed by atoms with Crippen molar-refractivity contribution in [3.8, 4) is 0 Å². The smallest absolute Gasteiger partial charge is 0.315 e. The number of aromatic nitrogens is 1. The first-order valence-corrected chi connectivity index (χ1v) is 7.86. The molecule has 1 atom stereocenters. The van der Waals surface area contributed by atoms with Crippen molar-refractivity contribution in [2.75, 3.05) is 19.0 Å². The minimum Gasteiger partial charge on any atom is -0.363 e. The summed E-state index contributed by atoms with van der Waals surface area (Å²) in [5, 5.41) is 5.63. The highest BCUT2D eigenvalue weighted by atomic mass is 19.1. The maximum absolute atomic E-state index is 13.2. The Labute approximate surface area is 141 Å². The van der Waals surface area contributed by atoms with E-state index in [9.17, 15) is 9.18 Å². The summed E-state index contributed by atoms with van der Waals surface area (Å²) in [4.78, 5) is 18.3. The van der Waals surface area contributed by atoms with Gasteiger partial charge >= 0.3 is 6.03 Å². The quantitative estimate of drug-likeness (QED) is 0.856. The number of amides is 2. The van der Waals surface area contributed by atoms with Crippen LogP contribution in [-0.4, -0.2) is 31.2 Å². The number of hydrogen-bond donors (Lipinski definition) is 2. The van der Waals surface area contributed by atoms with Gasteiger partial charge in [0.15, 0.2) is 0 Å². The average molecular weight is 330 g/mol. The molecule has 0 saturated carbocycles. The number of carbonyl (C=O) groups is 1. The third-order valence-corrected chi connectivity index (χ3v) is 3.49. The molecular formula is C18H23FN4O. The largest absolute Gasteiger partial charge is 0.363 e. The van der Waals surface area contributed by atoms with Gasteiger partial charge in [-0.2, -0.15) is 0 Å². The van der Waals surface area contributed by atoms with E-state index in [2.05, 4.69) is 15.6 Å². The lowest BCUT2D eigenvalue weighted by molar-refractivity contribution is 0.237. The first-order valence-electron chi connectivity index (χ1n) is 7.86. The number of halogens is 1. The Morgan fingerprint density at radius 3 is 2.71 bits per heavy atom. The van der Waals surface area contributed by atoms with E-state index >= 15 is 0 Å². The number of urea groups is 1. The van der Waals surface area contributed by atoms with Crippen LogP contribution in [0.4, 0.5) is 15.0 Å². The second kappa shape index (κ2) is 8.29. The zero-order chi connectivity index (χ0) is 17.5. The van der Waals surface area contributed by atoms with Crippen LogP contribution in [0.25, 0.3) is 0 Å². The van der Waals surface area contributed by atoms with Crippen LogP contribution in [0.15, 0.2) is 42.5 Å². The number of hydrogen-bond acceptors (Lipinski definition) is 3. The number of nitrogens with one attached hydrogen (secondary N) is 2. The second-order valence-corrected chi connectivity index (χ2v) is 5.94. The Balaban J connectivity index is 1.81. The normalized spacial score (nSPS) is 11.7. The Kier molecular flexibility index (Phi) is 6.12. The van der Waals surface area contributed by atoms with E-state index in [0.717, 1.165) is 17.1 Å². The number of rotatable bonds is 6. The monoisotopic (exact) mass is 330 g/mol. The van der Waals surface area contributed by atoms with Crippen LogP contribution in [0.2, 0.25) is 0 Å². The number of pyridine rings is 1. The van der Waals surface area contributed by atoms with Crippen molar-refractivity contribution in [2.45, 2.75) is 25.9 Å². The summed E-state index contributed by atoms with van der Waals surface area (Å²) in [6, 6.07) is 11.7. The third kappa shape index (κ3) is 5.53. The highest BCUT2D eigenvalue weighted by Crippen LogP contribution is 2.08. The van der Waals surface area contributed by atoms with Crippen molar-refractivity contribution in [1.82, 2.24) is 15.6 Å². The van der Waals surface area contributed by atoms with E-state index in [1.807, 2.05) is 50.2 Å². The molecule has 128 valence electrons. The minimum absolute atomic E-state index is 0.104. The van der Waals surface area contributed by atoms with Crippen molar-refractivity contribution in [3.05, 3.63) is 59.5 Å². The van der Waals surface area contributed by atoms with Gasteiger partial charge in [-0.05, 0) is 43.2 Å². The lowest BCUT2D eigenvalue weighted by atomic mass is 10.1. The Bertz CT molecular complexity index is 690. The predicted molar refractivity (Wildman–Crippen MR) is 93.5 cm³/mol. The molecule has 0 fully saturated rings. The Morgan fingerprint density at radius 1 is 1.25 bits per heavy atom. The summed E-state index contributed by atoms with van der Waals surface area (Å²) in [5.41, 5.74) is 1.64. The molecule has 2 rings (SSSR count). The molecule has 1 heterocycles. The van der Waals surface area contributed by atoms with Crippen LogP contribution in [-0.2, 0) is 13.0 Å². The van der Waals surface area contributed by atoms with E-state index in [1.165, 1.54) is 12.1 Å². The lowest BCUT2D eigenvalue weighted by Crippen LogP contribution is -2.41. The number of benzene rings is 1. The molecule has 0 unspecified atom stereocenters. The van der Waals surface area contributed by atoms with Crippen LogP contribution >= 0.6 is 0 Å². The summed E-state index contributed by atoms with van der Waals surface area (Å²) < 4.78 is 13.2. The number of carbonyl (C=O) groups excluding carboxylic acids is 1. The number of anilines is 1. The van der Waals surface area contributed by atoms with Crippen LogP contribution in [0.3, 0.4) is 0 Å². The van der Waals surface area contributed by atoms with Gasteiger partial charge in [0.1, 0.15) is 11.6 Å². The summed E-state index contributed by atoms with van der Waals surface area (Å²) in [6.45, 7) is 2.23. The van der Waals surface area contributed by atoms with E-state index < -0.39 is 0 Å². The minimum atomic E-state index is -0.268. The summed E-state index contributed by atoms with van der Waals surface area (Å²) in [7, 11) is 3.83. The first kappa shape index (κ1) is 17.7. The number of nitrogens with zero attached hydrogens (tertiary/aromatic N) is 2. The van der Waals surface area contributed by atoms with E-state index in [-0.39, 0.29) is 17.9 Å². The molecule has 6 heteroatoms. The topological polar surface area (TPSA) is 57.3 Å². The summed E-state index contributed by atoms with van der Waals surface area (Å²) >= 11 is 0. The highest BCUT2D eigenvalue weighted by Gasteiger charge is 2.09. The fourth-order valence-corrected chi connectivity index (χ4v) is 2.33. The third-order valence-electron chi connectivity index (χ3n) is 3.49. The molecule has 2 aromatic rings. The van der Waals surface area contributed by atoms with Gasteiger partial charge in [0.2, 0.25) is 0 Å². The van der Waals surface area contributed by atoms with Crippen molar-refractivity contribution in [1.29, 1.82) is 0 Å². The van der Waals surface area contributed by atoms with Crippen molar-refractivity contribution < 1.29 is 9.18 Å². The molecule has 0 aliphatic rings. The van der Waals surface area contributed by atoms with Crippen molar-refractivity contribution in [2.24, 2.45) is 0 Å². The molecular weight excluding hydrogens is 307 g/mol. The molecule has 2 amide bonds. The van der Waals surface area contributed by atoms with Crippen LogP contribution in [0.5, 0.6) is 0 Å². The highest BCUT2D eigenvalue weighted by molar-refractivity contribution is 5.74. The fourth-order valence-electron chi connectivity index (χ4n) is 2.33. The molecule has 24 heavy (non-hydrogen) atoms. The molecule has 5 nitrogen and oxygen atoms in total. The van der Waals surface area contributed by atoms with Crippen molar-refractivity contribution in [3.63, 3.8) is 0 Å². The molecule has 1 aromatic carbocycles. The maximum Gasteiger partial charge on any atom is 0.315 e. The first-order chi connectivity index (χ1) is 11.4. The van der Waals surface area contributed by atoms with Gasteiger partial charge in [-0.3, -0.25) is 0 Å². The molecule has 1 aromatic heterocycles.